The number of aromatic nitrogens is 1. The number of rotatable bonds is 5. The fourth-order valence-corrected chi connectivity index (χ4v) is 4.39. The Morgan fingerprint density at radius 3 is 2.87 bits per heavy atom. The Morgan fingerprint density at radius 2 is 2.06 bits per heavy atom. The molecule has 4 rings (SSSR count). The third kappa shape index (κ3) is 5.28. The predicted octanol–water partition coefficient (Wildman–Crippen LogP) is 2.45. The third-order valence-electron chi connectivity index (χ3n) is 5.77. The molecule has 1 atom stereocenters. The van der Waals surface area contributed by atoms with Crippen LogP contribution in [0.2, 0.25) is 5.02 Å². The molecule has 2 N–H and O–H groups in total. The van der Waals surface area contributed by atoms with Crippen molar-refractivity contribution in [3.05, 3.63) is 58.7 Å². The van der Waals surface area contributed by atoms with Crippen molar-refractivity contribution in [2.75, 3.05) is 37.6 Å². The highest BCUT2D eigenvalue weighted by Crippen LogP contribution is 2.25. The molecule has 7 nitrogen and oxygen atoms in total. The van der Waals surface area contributed by atoms with Crippen LogP contribution >= 0.6 is 11.6 Å². The smallest absolute Gasteiger partial charge is 0.244 e. The first-order valence-electron chi connectivity index (χ1n) is 10.9. The highest BCUT2D eigenvalue weighted by molar-refractivity contribution is 6.32. The molecule has 1 aromatic heterocycles. The second-order valence-electron chi connectivity index (χ2n) is 7.91. The Morgan fingerprint density at radius 1 is 1.23 bits per heavy atom. The van der Waals surface area contributed by atoms with Crippen molar-refractivity contribution >= 4 is 29.3 Å². The van der Waals surface area contributed by atoms with Gasteiger partial charge in [-0.2, -0.15) is 0 Å². The molecule has 0 radical (unpaired) electrons. The summed E-state index contributed by atoms with van der Waals surface area (Å²) >= 11 is 6.29. The SMILES string of the molecule is CCNC(=NCC(=O)N1CCc2ccccc2C1)NC1CCN(c2ncccc2Cl)C1. The summed E-state index contributed by atoms with van der Waals surface area (Å²) in [4.78, 5) is 25.8. The molecular formula is C23H29ClN6O. The topological polar surface area (TPSA) is 72.9 Å². The Kier molecular flexibility index (Phi) is 6.92. The van der Waals surface area contributed by atoms with Gasteiger partial charge in [0.25, 0.3) is 0 Å². The lowest BCUT2D eigenvalue weighted by Crippen LogP contribution is -2.45. The van der Waals surface area contributed by atoms with E-state index >= 15 is 0 Å². The third-order valence-corrected chi connectivity index (χ3v) is 6.06. The number of benzene rings is 1. The molecule has 1 amide bonds. The van der Waals surface area contributed by atoms with Gasteiger partial charge in [0, 0.05) is 45.0 Å². The number of halogens is 1. The zero-order valence-electron chi connectivity index (χ0n) is 17.9. The predicted molar refractivity (Wildman–Crippen MR) is 125 cm³/mol. The number of pyridine rings is 1. The first-order valence-corrected chi connectivity index (χ1v) is 11.3. The maximum absolute atomic E-state index is 12.8. The van der Waals surface area contributed by atoms with Crippen LogP contribution in [0.25, 0.3) is 0 Å². The molecule has 2 aliphatic heterocycles. The maximum atomic E-state index is 12.8. The van der Waals surface area contributed by atoms with E-state index in [1.165, 1.54) is 11.1 Å². The monoisotopic (exact) mass is 440 g/mol. The molecule has 0 saturated carbocycles. The van der Waals surface area contributed by atoms with Gasteiger partial charge in [-0.3, -0.25) is 4.79 Å². The van der Waals surface area contributed by atoms with E-state index in [1.54, 1.807) is 6.20 Å². The van der Waals surface area contributed by atoms with Gasteiger partial charge in [0.2, 0.25) is 5.91 Å². The molecule has 2 aliphatic rings. The second-order valence-corrected chi connectivity index (χ2v) is 8.32. The summed E-state index contributed by atoms with van der Waals surface area (Å²) in [6.07, 6.45) is 3.62. The fraction of sp³-hybridized carbons (Fsp3) is 0.435. The number of aliphatic imine (C=N–C) groups is 1. The van der Waals surface area contributed by atoms with Crippen LogP contribution in [0.1, 0.15) is 24.5 Å². The van der Waals surface area contributed by atoms with Crippen LogP contribution in [-0.2, 0) is 17.8 Å². The first-order chi connectivity index (χ1) is 15.1. The standard InChI is InChI=1S/C23H29ClN6O/c1-2-25-23(28-19-10-13-30(16-19)22-20(24)8-5-11-26-22)27-14-21(31)29-12-9-17-6-3-4-7-18(17)15-29/h3-8,11,19H,2,9-10,12-16H2,1H3,(H2,25,27,28). The van der Waals surface area contributed by atoms with Crippen LogP contribution in [0.5, 0.6) is 0 Å². The summed E-state index contributed by atoms with van der Waals surface area (Å²) in [5, 5.41) is 7.39. The Bertz CT molecular complexity index is 949. The van der Waals surface area contributed by atoms with E-state index in [9.17, 15) is 4.79 Å². The van der Waals surface area contributed by atoms with Gasteiger partial charge in [-0.05, 0) is 43.0 Å². The molecular weight excluding hydrogens is 412 g/mol. The van der Waals surface area contributed by atoms with Crippen LogP contribution in [0.3, 0.4) is 0 Å². The van der Waals surface area contributed by atoms with Crippen molar-refractivity contribution in [1.82, 2.24) is 20.5 Å². The summed E-state index contributed by atoms with van der Waals surface area (Å²) < 4.78 is 0. The molecule has 31 heavy (non-hydrogen) atoms. The Labute approximate surface area is 188 Å². The van der Waals surface area contributed by atoms with Gasteiger partial charge in [0.05, 0.1) is 5.02 Å². The van der Waals surface area contributed by atoms with Crippen molar-refractivity contribution in [2.24, 2.45) is 4.99 Å². The molecule has 8 heteroatoms. The van der Waals surface area contributed by atoms with E-state index in [1.807, 2.05) is 30.0 Å². The lowest BCUT2D eigenvalue weighted by atomic mass is 10.00. The zero-order valence-corrected chi connectivity index (χ0v) is 18.6. The van der Waals surface area contributed by atoms with Crippen LogP contribution in [0, 0.1) is 0 Å². The molecule has 1 saturated heterocycles. The molecule has 1 unspecified atom stereocenters. The fourth-order valence-electron chi connectivity index (χ4n) is 4.15. The van der Waals surface area contributed by atoms with Crippen LogP contribution in [-0.4, -0.2) is 60.5 Å². The number of nitrogens with one attached hydrogen (secondary N) is 2. The molecule has 164 valence electrons. The van der Waals surface area contributed by atoms with Crippen molar-refractivity contribution < 1.29 is 4.79 Å². The number of anilines is 1. The highest BCUT2D eigenvalue weighted by atomic mass is 35.5. The van der Waals surface area contributed by atoms with Gasteiger partial charge in [-0.1, -0.05) is 35.9 Å². The molecule has 1 fully saturated rings. The van der Waals surface area contributed by atoms with E-state index in [2.05, 4.69) is 43.7 Å². The number of hydrogen-bond acceptors (Lipinski definition) is 4. The Hall–Kier alpha value is -2.80. The van der Waals surface area contributed by atoms with Crippen molar-refractivity contribution in [3.63, 3.8) is 0 Å². The van der Waals surface area contributed by atoms with Gasteiger partial charge in [-0.15, -0.1) is 0 Å². The first kappa shape index (κ1) is 21.4. The van der Waals surface area contributed by atoms with E-state index in [-0.39, 0.29) is 18.5 Å². The van der Waals surface area contributed by atoms with E-state index in [0.717, 1.165) is 44.8 Å². The van der Waals surface area contributed by atoms with Crippen molar-refractivity contribution in [1.29, 1.82) is 0 Å². The van der Waals surface area contributed by atoms with Crippen molar-refractivity contribution in [2.45, 2.75) is 32.4 Å². The number of carbonyl (C=O) groups excluding carboxylic acids is 1. The van der Waals surface area contributed by atoms with Gasteiger partial charge in [-0.25, -0.2) is 9.98 Å². The van der Waals surface area contributed by atoms with Gasteiger partial charge in [0.15, 0.2) is 5.96 Å². The molecule has 0 aliphatic carbocycles. The van der Waals surface area contributed by atoms with E-state index in [4.69, 9.17) is 11.6 Å². The average molecular weight is 441 g/mol. The molecule has 1 aromatic carbocycles. The number of guanidine groups is 1. The van der Waals surface area contributed by atoms with Crippen LogP contribution in [0.4, 0.5) is 5.82 Å². The number of fused-ring (bicyclic) bond motifs is 1. The Balaban J connectivity index is 1.33. The average Bonchev–Trinajstić information content (AvgIpc) is 3.25. The molecule has 2 aromatic rings. The van der Waals surface area contributed by atoms with Crippen LogP contribution in [0.15, 0.2) is 47.6 Å². The lowest BCUT2D eigenvalue weighted by molar-refractivity contribution is -0.130. The normalized spacial score (nSPS) is 18.6. The maximum Gasteiger partial charge on any atom is 0.244 e. The van der Waals surface area contributed by atoms with E-state index < -0.39 is 0 Å². The second kappa shape index (κ2) is 10.0. The van der Waals surface area contributed by atoms with E-state index in [0.29, 0.717) is 17.5 Å². The zero-order chi connectivity index (χ0) is 21.6. The number of carbonyl (C=O) groups is 1. The number of amides is 1. The summed E-state index contributed by atoms with van der Waals surface area (Å²) in [7, 11) is 0. The van der Waals surface area contributed by atoms with Gasteiger partial charge in [0.1, 0.15) is 12.4 Å². The summed E-state index contributed by atoms with van der Waals surface area (Å²) in [6.45, 7) is 5.97. The summed E-state index contributed by atoms with van der Waals surface area (Å²) in [5.74, 6) is 1.54. The number of nitrogens with zero attached hydrogens (tertiary/aromatic N) is 4. The minimum atomic E-state index is 0.0556. The van der Waals surface area contributed by atoms with Crippen LogP contribution < -0.4 is 15.5 Å². The highest BCUT2D eigenvalue weighted by Gasteiger charge is 2.26. The molecule has 0 spiro atoms. The lowest BCUT2D eigenvalue weighted by Gasteiger charge is -2.28. The minimum Gasteiger partial charge on any atom is -0.357 e. The molecule has 0 bridgehead atoms. The van der Waals surface area contributed by atoms with Gasteiger partial charge < -0.3 is 20.4 Å². The van der Waals surface area contributed by atoms with Gasteiger partial charge >= 0.3 is 0 Å². The summed E-state index contributed by atoms with van der Waals surface area (Å²) in [6, 6.07) is 12.2. The van der Waals surface area contributed by atoms with Crippen molar-refractivity contribution in [3.8, 4) is 0 Å². The minimum absolute atomic E-state index is 0.0556. The number of hydrogen-bond donors (Lipinski definition) is 2. The molecule has 3 heterocycles. The largest absolute Gasteiger partial charge is 0.357 e. The summed E-state index contributed by atoms with van der Waals surface area (Å²) in [5.41, 5.74) is 2.57. The quantitative estimate of drug-likeness (QED) is 0.552.